The van der Waals surface area contributed by atoms with Crippen molar-refractivity contribution in [3.8, 4) is 9.88 Å². The van der Waals surface area contributed by atoms with Gasteiger partial charge in [0.1, 0.15) is 9.88 Å². The first-order valence-corrected chi connectivity index (χ1v) is 9.21. The third-order valence-electron chi connectivity index (χ3n) is 3.63. The van der Waals surface area contributed by atoms with Gasteiger partial charge in [0.15, 0.2) is 0 Å². The van der Waals surface area contributed by atoms with Crippen molar-refractivity contribution >= 4 is 40.2 Å². The normalized spacial score (nSPS) is 10.5. The number of thiazole rings is 1. The number of anilines is 1. The zero-order chi connectivity index (χ0) is 18.0. The van der Waals surface area contributed by atoms with E-state index in [4.69, 9.17) is 4.74 Å². The molecule has 0 saturated heterocycles. The summed E-state index contributed by atoms with van der Waals surface area (Å²) in [5.41, 5.74) is 2.60. The number of nitrogens with one attached hydrogen (secondary N) is 1. The molecule has 0 spiro atoms. The molecule has 0 unspecified atom stereocenters. The predicted molar refractivity (Wildman–Crippen MR) is 101 cm³/mol. The average Bonchev–Trinajstić information content (AvgIpc) is 3.25. The van der Waals surface area contributed by atoms with Gasteiger partial charge < -0.3 is 10.1 Å². The van der Waals surface area contributed by atoms with Crippen LogP contribution in [-0.4, -0.2) is 24.0 Å². The highest BCUT2D eigenvalue weighted by atomic mass is 32.1. The number of hydrogen-bond acceptors (Lipinski definition) is 6. The van der Waals surface area contributed by atoms with Crippen LogP contribution < -0.4 is 5.32 Å². The van der Waals surface area contributed by atoms with E-state index < -0.39 is 5.97 Å². The van der Waals surface area contributed by atoms with Crippen molar-refractivity contribution in [3.63, 3.8) is 0 Å². The summed E-state index contributed by atoms with van der Waals surface area (Å²) in [4.78, 5) is 30.3. The summed E-state index contributed by atoms with van der Waals surface area (Å²) in [6, 6.07) is 8.97. The van der Waals surface area contributed by atoms with Gasteiger partial charge in [-0.25, -0.2) is 9.78 Å². The van der Waals surface area contributed by atoms with Crippen LogP contribution in [0.4, 0.5) is 5.69 Å². The molecule has 7 heteroatoms. The topological polar surface area (TPSA) is 68.3 Å². The first-order chi connectivity index (χ1) is 12.0. The summed E-state index contributed by atoms with van der Waals surface area (Å²) >= 11 is 2.97. The summed E-state index contributed by atoms with van der Waals surface area (Å²) in [7, 11) is 1.34. The zero-order valence-corrected chi connectivity index (χ0v) is 15.6. The lowest BCUT2D eigenvalue weighted by Crippen LogP contribution is -2.13. The summed E-state index contributed by atoms with van der Waals surface area (Å²) in [6.45, 7) is 3.66. The Morgan fingerprint density at radius 2 is 2.00 bits per heavy atom. The largest absolute Gasteiger partial charge is 0.465 e. The fourth-order valence-corrected chi connectivity index (χ4v) is 4.10. The molecule has 0 atom stereocenters. The molecule has 0 radical (unpaired) electrons. The maximum absolute atomic E-state index is 12.6. The number of nitrogens with zero attached hydrogens (tertiary/aromatic N) is 1. The Bertz CT molecular complexity index is 930. The van der Waals surface area contributed by atoms with Crippen LogP contribution in [0.1, 0.15) is 31.3 Å². The number of thiophene rings is 1. The van der Waals surface area contributed by atoms with E-state index in [0.29, 0.717) is 21.8 Å². The van der Waals surface area contributed by atoms with E-state index in [1.165, 1.54) is 18.4 Å². The van der Waals surface area contributed by atoms with E-state index >= 15 is 0 Å². The van der Waals surface area contributed by atoms with Crippen molar-refractivity contribution in [2.24, 2.45) is 0 Å². The van der Waals surface area contributed by atoms with E-state index in [0.717, 1.165) is 15.4 Å². The molecule has 0 fully saturated rings. The second-order valence-corrected chi connectivity index (χ2v) is 7.33. The van der Waals surface area contributed by atoms with Crippen molar-refractivity contribution in [3.05, 3.63) is 57.4 Å². The van der Waals surface area contributed by atoms with E-state index in [-0.39, 0.29) is 5.91 Å². The molecule has 128 valence electrons. The Balaban J connectivity index is 1.82. The van der Waals surface area contributed by atoms with Crippen LogP contribution in [0.3, 0.4) is 0 Å². The first-order valence-electron chi connectivity index (χ1n) is 7.51. The highest BCUT2D eigenvalue weighted by Gasteiger charge is 2.18. The molecule has 0 aliphatic carbocycles. The van der Waals surface area contributed by atoms with E-state index in [1.54, 1.807) is 29.5 Å². The van der Waals surface area contributed by atoms with Gasteiger partial charge in [-0.2, -0.15) is 0 Å². The number of ether oxygens (including phenoxy) is 1. The summed E-state index contributed by atoms with van der Waals surface area (Å²) in [5, 5.41) is 5.72. The number of aryl methyl sites for hydroxylation is 2. The van der Waals surface area contributed by atoms with Crippen molar-refractivity contribution in [2.75, 3.05) is 12.4 Å². The minimum atomic E-state index is -0.403. The van der Waals surface area contributed by atoms with Crippen LogP contribution >= 0.6 is 22.7 Å². The number of amides is 1. The monoisotopic (exact) mass is 372 g/mol. The predicted octanol–water partition coefficient (Wildman–Crippen LogP) is 4.53. The highest BCUT2D eigenvalue weighted by Crippen LogP contribution is 2.31. The Hall–Kier alpha value is -2.51. The number of carbonyl (C=O) groups is 2. The van der Waals surface area contributed by atoms with E-state index in [1.807, 2.05) is 31.4 Å². The van der Waals surface area contributed by atoms with Gasteiger partial charge >= 0.3 is 5.97 Å². The van der Waals surface area contributed by atoms with E-state index in [2.05, 4.69) is 10.3 Å². The standard InChI is InChI=1S/C18H16N2O3S2/c1-10-9-12(18(22)23-3)6-7-13(10)20-16(21)15-11(2)19-17(25-15)14-5-4-8-24-14/h4-9H,1-3H3,(H,20,21). The lowest BCUT2D eigenvalue weighted by atomic mass is 10.1. The third kappa shape index (κ3) is 3.62. The second-order valence-electron chi connectivity index (χ2n) is 5.39. The van der Waals surface area contributed by atoms with Crippen LogP contribution in [-0.2, 0) is 4.74 Å². The lowest BCUT2D eigenvalue weighted by molar-refractivity contribution is 0.0600. The van der Waals surface area contributed by atoms with Gasteiger partial charge in [-0.3, -0.25) is 4.79 Å². The summed E-state index contributed by atoms with van der Waals surface area (Å²) in [5.74, 6) is -0.605. The molecule has 1 aromatic carbocycles. The van der Waals surface area contributed by atoms with Gasteiger partial charge in [0.05, 0.1) is 23.2 Å². The zero-order valence-electron chi connectivity index (χ0n) is 14.0. The summed E-state index contributed by atoms with van der Waals surface area (Å²) < 4.78 is 4.70. The number of carbonyl (C=O) groups excluding carboxylic acids is 2. The maximum atomic E-state index is 12.6. The maximum Gasteiger partial charge on any atom is 0.337 e. The molecule has 2 aromatic heterocycles. The smallest absolute Gasteiger partial charge is 0.337 e. The van der Waals surface area contributed by atoms with Crippen LogP contribution in [0.25, 0.3) is 9.88 Å². The number of benzene rings is 1. The van der Waals surface area contributed by atoms with Crippen molar-refractivity contribution < 1.29 is 14.3 Å². The minimum absolute atomic E-state index is 0.202. The molecule has 3 rings (SSSR count). The molecule has 3 aromatic rings. The molecular formula is C18H16N2O3S2. The number of esters is 1. The molecule has 25 heavy (non-hydrogen) atoms. The van der Waals surface area contributed by atoms with Gasteiger partial charge in [-0.1, -0.05) is 6.07 Å². The fourth-order valence-electron chi connectivity index (χ4n) is 2.34. The molecule has 0 saturated carbocycles. The fraction of sp³-hybridized carbons (Fsp3) is 0.167. The van der Waals surface area contributed by atoms with Crippen LogP contribution in [0.5, 0.6) is 0 Å². The van der Waals surface area contributed by atoms with Crippen LogP contribution in [0, 0.1) is 13.8 Å². The summed E-state index contributed by atoms with van der Waals surface area (Å²) in [6.07, 6.45) is 0. The van der Waals surface area contributed by atoms with Crippen molar-refractivity contribution in [2.45, 2.75) is 13.8 Å². The Morgan fingerprint density at radius 1 is 1.20 bits per heavy atom. The second kappa shape index (κ2) is 7.16. The third-order valence-corrected chi connectivity index (χ3v) is 5.83. The molecule has 0 aliphatic heterocycles. The van der Waals surface area contributed by atoms with Gasteiger partial charge in [0.25, 0.3) is 5.91 Å². The first kappa shape index (κ1) is 17.3. The van der Waals surface area contributed by atoms with Gasteiger partial charge in [0, 0.05) is 5.69 Å². The molecule has 0 bridgehead atoms. The Morgan fingerprint density at radius 3 is 2.64 bits per heavy atom. The van der Waals surface area contributed by atoms with E-state index in [9.17, 15) is 9.59 Å². The van der Waals surface area contributed by atoms with Gasteiger partial charge in [0.2, 0.25) is 0 Å². The number of aromatic nitrogens is 1. The van der Waals surface area contributed by atoms with Crippen LogP contribution in [0.2, 0.25) is 0 Å². The van der Waals surface area contributed by atoms with Crippen molar-refractivity contribution in [1.82, 2.24) is 4.98 Å². The number of rotatable bonds is 4. The average molecular weight is 372 g/mol. The highest BCUT2D eigenvalue weighted by molar-refractivity contribution is 7.22. The Labute approximate surface area is 153 Å². The molecule has 5 nitrogen and oxygen atoms in total. The quantitative estimate of drug-likeness (QED) is 0.683. The molecule has 1 N–H and O–H groups in total. The molecule has 0 aliphatic rings. The SMILES string of the molecule is COC(=O)c1ccc(NC(=O)c2sc(-c3cccs3)nc2C)c(C)c1. The van der Waals surface area contributed by atoms with Gasteiger partial charge in [-0.15, -0.1) is 22.7 Å². The number of hydrogen-bond donors (Lipinski definition) is 1. The molecule has 1 amide bonds. The van der Waals surface area contributed by atoms with Crippen molar-refractivity contribution in [1.29, 1.82) is 0 Å². The Kier molecular flexibility index (Phi) is 4.96. The molecular weight excluding hydrogens is 356 g/mol. The molecule has 2 heterocycles. The minimum Gasteiger partial charge on any atom is -0.465 e. The lowest BCUT2D eigenvalue weighted by Gasteiger charge is -2.09. The van der Waals surface area contributed by atoms with Gasteiger partial charge in [-0.05, 0) is 49.1 Å². The van der Waals surface area contributed by atoms with Crippen LogP contribution in [0.15, 0.2) is 35.7 Å². The number of methoxy groups -OCH3 is 1.